The number of aryl methyl sites for hydroxylation is 2. The molecule has 3 heterocycles. The highest BCUT2D eigenvalue weighted by Crippen LogP contribution is 2.39. The van der Waals surface area contributed by atoms with Crippen LogP contribution < -0.4 is 4.57 Å². The number of benzene rings is 3. The van der Waals surface area contributed by atoms with Gasteiger partial charge in [0, 0.05) is 22.4 Å². The molecule has 0 radical (unpaired) electrons. The van der Waals surface area contributed by atoms with Crippen LogP contribution in [0, 0.1) is 6.92 Å². The molecule has 0 N–H and O–H groups in total. The van der Waals surface area contributed by atoms with Crippen LogP contribution in [0.3, 0.4) is 0 Å². The normalized spacial score (nSPS) is 12.1. The van der Waals surface area contributed by atoms with E-state index in [0.717, 1.165) is 0 Å². The fourth-order valence-electron chi connectivity index (χ4n) is 4.70. The van der Waals surface area contributed by atoms with Crippen molar-refractivity contribution in [3.8, 4) is 11.3 Å². The molecule has 6 rings (SSSR count). The summed E-state index contributed by atoms with van der Waals surface area (Å²) in [5.41, 5.74) is 9.02. The van der Waals surface area contributed by atoms with Crippen LogP contribution >= 0.6 is 0 Å². The van der Waals surface area contributed by atoms with Crippen LogP contribution in [0.4, 0.5) is 0 Å². The Kier molecular flexibility index (Phi) is 2.77. The first-order valence-electron chi connectivity index (χ1n) is 9.37. The van der Waals surface area contributed by atoms with Gasteiger partial charge in [-0.2, -0.15) is 4.57 Å². The van der Waals surface area contributed by atoms with E-state index in [1.54, 1.807) is 0 Å². The van der Waals surface area contributed by atoms with Crippen molar-refractivity contribution in [2.75, 3.05) is 0 Å². The molecule has 6 aromatic rings. The van der Waals surface area contributed by atoms with E-state index in [0.29, 0.717) is 0 Å². The maximum absolute atomic E-state index is 2.43. The van der Waals surface area contributed by atoms with Gasteiger partial charge in [0.2, 0.25) is 11.2 Å². The van der Waals surface area contributed by atoms with E-state index in [1.807, 2.05) is 0 Å². The van der Waals surface area contributed by atoms with Crippen molar-refractivity contribution in [2.24, 2.45) is 7.05 Å². The van der Waals surface area contributed by atoms with E-state index in [2.05, 4.69) is 102 Å². The molecule has 2 heteroatoms. The van der Waals surface area contributed by atoms with Crippen molar-refractivity contribution in [3.63, 3.8) is 0 Å². The Morgan fingerprint density at radius 2 is 1.33 bits per heavy atom. The third-order valence-corrected chi connectivity index (χ3v) is 5.94. The third kappa shape index (κ3) is 1.77. The van der Waals surface area contributed by atoms with Crippen molar-refractivity contribution < 1.29 is 4.57 Å². The molecule has 0 aliphatic heterocycles. The van der Waals surface area contributed by atoms with Crippen molar-refractivity contribution in [3.05, 3.63) is 84.4 Å². The van der Waals surface area contributed by atoms with E-state index in [9.17, 15) is 0 Å². The SMILES string of the molecule is Cc1ccccc1-c1cc2c3ccccc3n3c4ccccc4c(c23)[n+]1C. The molecule has 27 heavy (non-hydrogen) atoms. The highest BCUT2D eigenvalue weighted by Gasteiger charge is 2.26. The lowest BCUT2D eigenvalue weighted by Gasteiger charge is -2.06. The number of nitrogens with zero attached hydrogens (tertiary/aromatic N) is 2. The molecule has 128 valence electrons. The predicted octanol–water partition coefficient (Wildman–Crippen LogP) is 5.64. The molecule has 0 unspecified atom stereocenters. The predicted molar refractivity (Wildman–Crippen MR) is 112 cm³/mol. The summed E-state index contributed by atoms with van der Waals surface area (Å²) in [7, 11) is 2.20. The van der Waals surface area contributed by atoms with Gasteiger partial charge in [-0.15, -0.1) is 0 Å². The fourth-order valence-corrected chi connectivity index (χ4v) is 4.70. The monoisotopic (exact) mass is 347 g/mol. The lowest BCUT2D eigenvalue weighted by molar-refractivity contribution is -0.632. The fraction of sp³-hybridized carbons (Fsp3) is 0.0800. The van der Waals surface area contributed by atoms with Gasteiger partial charge in [-0.05, 0) is 36.8 Å². The highest BCUT2D eigenvalue weighted by molar-refractivity contribution is 6.21. The van der Waals surface area contributed by atoms with Gasteiger partial charge < -0.3 is 4.40 Å². The number of hydrogen-bond donors (Lipinski definition) is 0. The zero-order valence-electron chi connectivity index (χ0n) is 15.4. The molecule has 3 aromatic heterocycles. The summed E-state index contributed by atoms with van der Waals surface area (Å²) in [5.74, 6) is 0. The molecule has 0 spiro atoms. The van der Waals surface area contributed by atoms with Crippen LogP contribution in [0.5, 0.6) is 0 Å². The molecule has 0 amide bonds. The summed E-state index contributed by atoms with van der Waals surface area (Å²) in [5, 5.41) is 3.95. The maximum atomic E-state index is 2.43. The topological polar surface area (TPSA) is 8.29 Å². The van der Waals surface area contributed by atoms with Crippen molar-refractivity contribution in [1.82, 2.24) is 4.40 Å². The molecule has 0 saturated heterocycles. The van der Waals surface area contributed by atoms with E-state index in [-0.39, 0.29) is 0 Å². The Morgan fingerprint density at radius 1 is 0.704 bits per heavy atom. The van der Waals surface area contributed by atoms with Crippen molar-refractivity contribution in [1.29, 1.82) is 0 Å². The van der Waals surface area contributed by atoms with Crippen LogP contribution in [-0.2, 0) is 7.05 Å². The Balaban J connectivity index is 1.95. The van der Waals surface area contributed by atoms with Crippen LogP contribution in [-0.4, -0.2) is 4.40 Å². The first kappa shape index (κ1) is 14.7. The number of hydrogen-bond acceptors (Lipinski definition) is 0. The van der Waals surface area contributed by atoms with Crippen LogP contribution in [0.2, 0.25) is 0 Å². The minimum atomic E-state index is 1.26. The summed E-state index contributed by atoms with van der Waals surface area (Å²) in [6.07, 6.45) is 0. The second kappa shape index (κ2) is 5.08. The minimum absolute atomic E-state index is 1.26. The van der Waals surface area contributed by atoms with Crippen molar-refractivity contribution in [2.45, 2.75) is 6.92 Å². The zero-order valence-corrected chi connectivity index (χ0v) is 15.4. The summed E-state index contributed by atoms with van der Waals surface area (Å²) < 4.78 is 4.79. The number of rotatable bonds is 1. The summed E-state index contributed by atoms with van der Waals surface area (Å²) in [6.45, 7) is 2.19. The molecule has 3 aromatic carbocycles. The quantitative estimate of drug-likeness (QED) is 0.340. The van der Waals surface area contributed by atoms with Crippen molar-refractivity contribution >= 4 is 38.2 Å². The van der Waals surface area contributed by atoms with Crippen LogP contribution in [0.25, 0.3) is 49.5 Å². The Labute approximate surface area is 157 Å². The zero-order chi connectivity index (χ0) is 18.1. The van der Waals surface area contributed by atoms with E-state index >= 15 is 0 Å². The van der Waals surface area contributed by atoms with Gasteiger partial charge in [0.1, 0.15) is 12.6 Å². The van der Waals surface area contributed by atoms with Gasteiger partial charge in [-0.3, -0.25) is 0 Å². The Bertz CT molecular complexity index is 1490. The van der Waals surface area contributed by atoms with Gasteiger partial charge in [0.25, 0.3) is 0 Å². The lowest BCUT2D eigenvalue weighted by atomic mass is 10.0. The summed E-state index contributed by atoms with van der Waals surface area (Å²) >= 11 is 0. The molecule has 0 atom stereocenters. The Morgan fingerprint density at radius 3 is 2.11 bits per heavy atom. The largest absolute Gasteiger partial charge is 0.303 e. The number of aromatic nitrogens is 2. The van der Waals surface area contributed by atoms with Gasteiger partial charge >= 0.3 is 0 Å². The first-order chi connectivity index (χ1) is 13.3. The number of fused-ring (bicyclic) bond motifs is 6. The average molecular weight is 347 g/mol. The summed E-state index contributed by atoms with van der Waals surface area (Å²) in [4.78, 5) is 0. The van der Waals surface area contributed by atoms with Gasteiger partial charge in [0.05, 0.1) is 16.4 Å². The molecule has 0 bridgehead atoms. The van der Waals surface area contributed by atoms with E-state index in [1.165, 1.54) is 55.0 Å². The number of para-hydroxylation sites is 2. The smallest absolute Gasteiger partial charge is 0.239 e. The Hall–Kier alpha value is -3.39. The van der Waals surface area contributed by atoms with Gasteiger partial charge in [0.15, 0.2) is 0 Å². The molecule has 0 fully saturated rings. The van der Waals surface area contributed by atoms with Gasteiger partial charge in [-0.1, -0.05) is 48.5 Å². The molecule has 0 aliphatic carbocycles. The standard InChI is InChI=1S/C25H19N2/c1-16-9-3-4-10-17(16)23-15-20-18-11-5-7-13-21(18)27-22-14-8-6-12-19(22)24(25(20)27)26(23)2/h3-15H,1-2H3/q+1. The molecule has 0 saturated carbocycles. The second-order valence-electron chi connectivity index (χ2n) is 7.38. The lowest BCUT2D eigenvalue weighted by Crippen LogP contribution is -2.32. The summed E-state index contributed by atoms with van der Waals surface area (Å²) in [6, 6.07) is 28.5. The molecule has 2 nitrogen and oxygen atoms in total. The van der Waals surface area contributed by atoms with Gasteiger partial charge in [-0.25, -0.2) is 0 Å². The second-order valence-corrected chi connectivity index (χ2v) is 7.38. The average Bonchev–Trinajstić information content (AvgIpc) is 3.21. The van der Waals surface area contributed by atoms with E-state index < -0.39 is 0 Å². The number of pyridine rings is 1. The van der Waals surface area contributed by atoms with Crippen LogP contribution in [0.15, 0.2) is 78.9 Å². The minimum Gasteiger partial charge on any atom is -0.303 e. The molecular weight excluding hydrogens is 328 g/mol. The molecule has 0 aliphatic rings. The van der Waals surface area contributed by atoms with E-state index in [4.69, 9.17) is 0 Å². The first-order valence-corrected chi connectivity index (χ1v) is 9.37. The highest BCUT2D eigenvalue weighted by atomic mass is 15.0. The third-order valence-electron chi connectivity index (χ3n) is 5.94. The maximum Gasteiger partial charge on any atom is 0.239 e. The van der Waals surface area contributed by atoms with Crippen LogP contribution in [0.1, 0.15) is 5.56 Å². The molecular formula is C25H19N2+.